The normalized spacial score (nSPS) is 30.8. The number of methoxy groups -OCH3 is 1. The zero-order chi connectivity index (χ0) is 15.7. The minimum absolute atomic E-state index is 0.0970. The molecule has 2 saturated heterocycles. The van der Waals surface area contributed by atoms with Crippen LogP contribution in [-0.2, 0) is 14.3 Å². The van der Waals surface area contributed by atoms with Crippen LogP contribution in [0.5, 0.6) is 0 Å². The number of benzene rings is 1. The zero-order valence-corrected chi connectivity index (χ0v) is 12.9. The number of hydrogen-bond donors (Lipinski definition) is 0. The lowest BCUT2D eigenvalue weighted by molar-refractivity contribution is -0.156. The molecule has 1 aromatic carbocycles. The molecule has 3 rings (SSSR count). The first-order valence-electron chi connectivity index (χ1n) is 7.67. The lowest BCUT2D eigenvalue weighted by atomic mass is 9.87. The van der Waals surface area contributed by atoms with Gasteiger partial charge in [-0.1, -0.05) is 18.2 Å². The second kappa shape index (κ2) is 6.08. The first kappa shape index (κ1) is 15.0. The minimum Gasteiger partial charge on any atom is -0.469 e. The van der Waals surface area contributed by atoms with E-state index in [0.29, 0.717) is 18.0 Å². The average molecular weight is 303 g/mol. The first-order valence-corrected chi connectivity index (χ1v) is 7.67. The van der Waals surface area contributed by atoms with Crippen LogP contribution in [0.1, 0.15) is 29.6 Å². The standard InChI is InChI=1S/C17H21NO4/c1-18-12-8-9-13(18)15(17(20)21-2)14(10-12)22-16(19)11-6-4-3-5-7-11/h3-7,12-15H,8-10H2,1-2H3/t12-,13?,14+,15?/m1/s1. The molecule has 2 aliphatic rings. The number of esters is 2. The number of piperidine rings is 1. The largest absolute Gasteiger partial charge is 0.469 e. The van der Waals surface area contributed by atoms with Crippen molar-refractivity contribution in [1.29, 1.82) is 0 Å². The quantitative estimate of drug-likeness (QED) is 0.798. The number of carbonyl (C=O) groups excluding carboxylic acids is 2. The second-order valence-corrected chi connectivity index (χ2v) is 6.06. The number of ether oxygens (including phenoxy) is 2. The van der Waals surface area contributed by atoms with E-state index in [-0.39, 0.29) is 18.0 Å². The van der Waals surface area contributed by atoms with Gasteiger partial charge in [0.1, 0.15) is 12.0 Å². The molecule has 0 N–H and O–H groups in total. The van der Waals surface area contributed by atoms with E-state index in [1.54, 1.807) is 24.3 Å². The SMILES string of the molecule is COC(=O)C1C2CC[C@H](C[C@@H]1OC(=O)c1ccccc1)N2C. The molecule has 0 saturated carbocycles. The predicted molar refractivity (Wildman–Crippen MR) is 80.3 cm³/mol. The van der Waals surface area contributed by atoms with Crippen LogP contribution in [0, 0.1) is 5.92 Å². The van der Waals surface area contributed by atoms with E-state index in [0.717, 1.165) is 12.8 Å². The number of rotatable bonds is 3. The highest BCUT2D eigenvalue weighted by atomic mass is 16.6. The lowest BCUT2D eigenvalue weighted by Crippen LogP contribution is -2.53. The summed E-state index contributed by atoms with van der Waals surface area (Å²) in [6.07, 6.45) is 2.26. The molecular weight excluding hydrogens is 282 g/mol. The van der Waals surface area contributed by atoms with Crippen molar-refractivity contribution in [1.82, 2.24) is 4.90 Å². The fourth-order valence-electron chi connectivity index (χ4n) is 3.77. The van der Waals surface area contributed by atoms with Crippen molar-refractivity contribution in [2.45, 2.75) is 37.5 Å². The molecular formula is C17H21NO4. The summed E-state index contributed by atoms with van der Waals surface area (Å²) in [6.45, 7) is 0. The monoisotopic (exact) mass is 303 g/mol. The van der Waals surface area contributed by atoms with Crippen molar-refractivity contribution < 1.29 is 19.1 Å². The third-order valence-corrected chi connectivity index (χ3v) is 4.96. The molecule has 0 radical (unpaired) electrons. The van der Waals surface area contributed by atoms with E-state index < -0.39 is 12.0 Å². The highest BCUT2D eigenvalue weighted by Crippen LogP contribution is 2.40. The molecule has 2 aliphatic heterocycles. The summed E-state index contributed by atoms with van der Waals surface area (Å²) in [6, 6.07) is 9.36. The number of hydrogen-bond acceptors (Lipinski definition) is 5. The van der Waals surface area contributed by atoms with E-state index in [9.17, 15) is 9.59 Å². The number of carbonyl (C=O) groups is 2. The molecule has 2 unspecified atom stereocenters. The van der Waals surface area contributed by atoms with Gasteiger partial charge in [0.05, 0.1) is 12.7 Å². The van der Waals surface area contributed by atoms with Crippen molar-refractivity contribution >= 4 is 11.9 Å². The average Bonchev–Trinajstić information content (AvgIpc) is 2.78. The maximum atomic E-state index is 12.3. The van der Waals surface area contributed by atoms with Gasteiger partial charge in [0.15, 0.2) is 0 Å². The zero-order valence-electron chi connectivity index (χ0n) is 12.9. The Kier molecular flexibility index (Phi) is 4.16. The Morgan fingerprint density at radius 3 is 2.59 bits per heavy atom. The Labute approximate surface area is 130 Å². The molecule has 0 spiro atoms. The summed E-state index contributed by atoms with van der Waals surface area (Å²) >= 11 is 0. The smallest absolute Gasteiger partial charge is 0.338 e. The summed E-state index contributed by atoms with van der Waals surface area (Å²) in [7, 11) is 3.42. The Morgan fingerprint density at radius 1 is 1.18 bits per heavy atom. The van der Waals surface area contributed by atoms with Crippen LogP contribution in [0.15, 0.2) is 30.3 Å². The fourth-order valence-corrected chi connectivity index (χ4v) is 3.77. The van der Waals surface area contributed by atoms with Gasteiger partial charge in [0.2, 0.25) is 0 Å². The highest BCUT2D eigenvalue weighted by molar-refractivity contribution is 5.89. The molecule has 118 valence electrons. The molecule has 2 fully saturated rings. The van der Waals surface area contributed by atoms with Gasteiger partial charge < -0.3 is 9.47 Å². The summed E-state index contributed by atoms with van der Waals surface area (Å²) in [5, 5.41) is 0. The summed E-state index contributed by atoms with van der Waals surface area (Å²) in [5.41, 5.74) is 0.511. The van der Waals surface area contributed by atoms with Gasteiger partial charge in [-0.05, 0) is 32.0 Å². The molecule has 0 amide bonds. The van der Waals surface area contributed by atoms with Crippen molar-refractivity contribution in [3.63, 3.8) is 0 Å². The maximum Gasteiger partial charge on any atom is 0.338 e. The molecule has 2 bridgehead atoms. The molecule has 5 heteroatoms. The van der Waals surface area contributed by atoms with Crippen LogP contribution in [-0.4, -0.2) is 49.2 Å². The molecule has 2 heterocycles. The van der Waals surface area contributed by atoms with Gasteiger partial charge >= 0.3 is 11.9 Å². The predicted octanol–water partition coefficient (Wildman–Crippen LogP) is 1.87. The van der Waals surface area contributed by atoms with E-state index in [1.807, 2.05) is 13.1 Å². The molecule has 22 heavy (non-hydrogen) atoms. The summed E-state index contributed by atoms with van der Waals surface area (Å²) in [4.78, 5) is 26.7. The minimum atomic E-state index is -0.408. The van der Waals surface area contributed by atoms with Gasteiger partial charge in [-0.2, -0.15) is 0 Å². The summed E-state index contributed by atoms with van der Waals surface area (Å²) < 4.78 is 10.6. The Bertz CT molecular complexity index is 559. The Balaban J connectivity index is 1.79. The molecule has 1 aromatic rings. The van der Waals surface area contributed by atoms with Crippen LogP contribution in [0.4, 0.5) is 0 Å². The summed E-state index contributed by atoms with van der Waals surface area (Å²) in [5.74, 6) is -1.06. The van der Waals surface area contributed by atoms with Gasteiger partial charge in [-0.3, -0.25) is 9.69 Å². The van der Waals surface area contributed by atoms with Crippen LogP contribution in [0.3, 0.4) is 0 Å². The Morgan fingerprint density at radius 2 is 1.91 bits per heavy atom. The van der Waals surface area contributed by atoms with Crippen molar-refractivity contribution in [3.05, 3.63) is 35.9 Å². The van der Waals surface area contributed by atoms with Gasteiger partial charge in [0, 0.05) is 18.5 Å². The molecule has 4 atom stereocenters. The van der Waals surface area contributed by atoms with E-state index in [1.165, 1.54) is 7.11 Å². The third kappa shape index (κ3) is 2.61. The number of nitrogens with zero attached hydrogens (tertiary/aromatic N) is 1. The fraction of sp³-hybridized carbons (Fsp3) is 0.529. The Hall–Kier alpha value is -1.88. The maximum absolute atomic E-state index is 12.3. The van der Waals surface area contributed by atoms with E-state index >= 15 is 0 Å². The second-order valence-electron chi connectivity index (χ2n) is 6.06. The molecule has 5 nitrogen and oxygen atoms in total. The molecule has 0 aliphatic carbocycles. The highest BCUT2D eigenvalue weighted by Gasteiger charge is 2.50. The third-order valence-electron chi connectivity index (χ3n) is 4.96. The van der Waals surface area contributed by atoms with Crippen LogP contribution in [0.2, 0.25) is 0 Å². The lowest BCUT2D eigenvalue weighted by Gasteiger charge is -2.40. The van der Waals surface area contributed by atoms with Crippen molar-refractivity contribution in [2.75, 3.05) is 14.2 Å². The topological polar surface area (TPSA) is 55.8 Å². The van der Waals surface area contributed by atoms with Crippen LogP contribution < -0.4 is 0 Å². The van der Waals surface area contributed by atoms with E-state index in [4.69, 9.17) is 9.47 Å². The number of fused-ring (bicyclic) bond motifs is 2. The molecule has 0 aromatic heterocycles. The van der Waals surface area contributed by atoms with Crippen molar-refractivity contribution in [3.8, 4) is 0 Å². The van der Waals surface area contributed by atoms with Gasteiger partial charge in [-0.25, -0.2) is 4.79 Å². The van der Waals surface area contributed by atoms with E-state index in [2.05, 4.69) is 4.90 Å². The van der Waals surface area contributed by atoms with Gasteiger partial charge in [-0.15, -0.1) is 0 Å². The van der Waals surface area contributed by atoms with Crippen molar-refractivity contribution in [2.24, 2.45) is 5.92 Å². The first-order chi connectivity index (χ1) is 10.6. The van der Waals surface area contributed by atoms with Gasteiger partial charge in [0.25, 0.3) is 0 Å². The van der Waals surface area contributed by atoms with Crippen LogP contribution in [0.25, 0.3) is 0 Å². The van der Waals surface area contributed by atoms with Crippen LogP contribution >= 0.6 is 0 Å².